The van der Waals surface area contributed by atoms with E-state index in [-0.39, 0.29) is 0 Å². The average molecular weight is 333 g/mol. The number of nitrogens with one attached hydrogen (secondary N) is 1. The van der Waals surface area contributed by atoms with E-state index in [4.69, 9.17) is 4.74 Å². The van der Waals surface area contributed by atoms with Crippen LogP contribution in [0.25, 0.3) is 21.0 Å². The first-order valence-corrected chi connectivity index (χ1v) is 8.36. The molecule has 0 aliphatic carbocycles. The molecule has 5 heteroatoms. The largest absolute Gasteiger partial charge is 0.497 e. The minimum absolute atomic E-state index is 0.783. The summed E-state index contributed by atoms with van der Waals surface area (Å²) in [6.45, 7) is 0. The van der Waals surface area contributed by atoms with Crippen molar-refractivity contribution in [3.8, 4) is 5.75 Å². The molecule has 0 aliphatic heterocycles. The molecule has 4 rings (SSSR count). The van der Waals surface area contributed by atoms with Crippen molar-refractivity contribution < 1.29 is 4.74 Å². The third-order valence-corrected chi connectivity index (χ3v) is 4.78. The third kappa shape index (κ3) is 2.81. The van der Waals surface area contributed by atoms with Crippen molar-refractivity contribution in [1.82, 2.24) is 4.98 Å². The van der Waals surface area contributed by atoms with Gasteiger partial charge in [0, 0.05) is 5.39 Å². The summed E-state index contributed by atoms with van der Waals surface area (Å²) in [5.74, 6) is 0.832. The number of nitrogens with zero attached hydrogens (tertiary/aromatic N) is 2. The van der Waals surface area contributed by atoms with Crippen molar-refractivity contribution in [2.24, 2.45) is 5.10 Å². The highest BCUT2D eigenvalue weighted by atomic mass is 32.1. The van der Waals surface area contributed by atoms with E-state index in [2.05, 4.69) is 39.8 Å². The number of hydrogen-bond donors (Lipinski definition) is 1. The lowest BCUT2D eigenvalue weighted by Gasteiger charge is -1.98. The Balaban J connectivity index is 1.58. The highest BCUT2D eigenvalue weighted by molar-refractivity contribution is 7.23. The highest BCUT2D eigenvalue weighted by Crippen LogP contribution is 2.32. The maximum atomic E-state index is 5.14. The number of hydrazone groups is 1. The van der Waals surface area contributed by atoms with E-state index < -0.39 is 0 Å². The second-order valence-corrected chi connectivity index (χ2v) is 6.30. The van der Waals surface area contributed by atoms with Crippen LogP contribution in [0.5, 0.6) is 5.75 Å². The standard InChI is InChI=1S/C19H15N3OS/c1-23-15-9-6-13(7-10-15)12-20-22-19-21-17-11-8-14-4-2-3-5-16(14)18(17)24-19/h2-12H,1H3,(H,21,22)/b20-12+. The first-order chi connectivity index (χ1) is 11.8. The van der Waals surface area contributed by atoms with Gasteiger partial charge in [-0.25, -0.2) is 4.98 Å². The fourth-order valence-corrected chi connectivity index (χ4v) is 3.51. The number of anilines is 1. The Hall–Kier alpha value is -2.92. The van der Waals surface area contributed by atoms with Crippen LogP contribution in [0.15, 0.2) is 65.8 Å². The number of fused-ring (bicyclic) bond motifs is 3. The molecule has 0 fully saturated rings. The lowest BCUT2D eigenvalue weighted by molar-refractivity contribution is 0.415. The van der Waals surface area contributed by atoms with Crippen LogP contribution in [0.4, 0.5) is 5.13 Å². The van der Waals surface area contributed by atoms with Gasteiger partial charge in [0.1, 0.15) is 5.75 Å². The molecular formula is C19H15N3OS. The van der Waals surface area contributed by atoms with Crippen LogP contribution in [-0.2, 0) is 0 Å². The molecule has 0 spiro atoms. The predicted molar refractivity (Wildman–Crippen MR) is 101 cm³/mol. The van der Waals surface area contributed by atoms with Crippen LogP contribution >= 0.6 is 11.3 Å². The van der Waals surface area contributed by atoms with Crippen LogP contribution in [-0.4, -0.2) is 18.3 Å². The van der Waals surface area contributed by atoms with E-state index >= 15 is 0 Å². The summed E-state index contributed by atoms with van der Waals surface area (Å²) in [7, 11) is 1.65. The summed E-state index contributed by atoms with van der Waals surface area (Å²) in [5, 5.41) is 7.50. The number of methoxy groups -OCH3 is 1. The SMILES string of the molecule is COc1ccc(/C=N/Nc2nc3ccc4ccccc4c3s2)cc1. The van der Waals surface area contributed by atoms with E-state index in [1.54, 1.807) is 24.7 Å². The molecule has 0 aliphatic rings. The number of rotatable bonds is 4. The van der Waals surface area contributed by atoms with Crippen molar-refractivity contribution in [3.63, 3.8) is 0 Å². The quantitative estimate of drug-likeness (QED) is 0.426. The Morgan fingerprint density at radius 3 is 2.71 bits per heavy atom. The Kier molecular flexibility index (Phi) is 3.84. The number of benzene rings is 3. The van der Waals surface area contributed by atoms with Gasteiger partial charge in [-0.3, -0.25) is 5.43 Å². The van der Waals surface area contributed by atoms with Gasteiger partial charge in [-0.15, -0.1) is 0 Å². The van der Waals surface area contributed by atoms with Crippen LogP contribution in [0, 0.1) is 0 Å². The Labute approximate surface area is 143 Å². The number of thiazole rings is 1. The van der Waals surface area contributed by atoms with E-state index in [0.29, 0.717) is 0 Å². The molecule has 1 aromatic heterocycles. The van der Waals surface area contributed by atoms with Gasteiger partial charge < -0.3 is 4.74 Å². The summed E-state index contributed by atoms with van der Waals surface area (Å²) >= 11 is 1.61. The third-order valence-electron chi connectivity index (χ3n) is 3.77. The number of hydrogen-bond acceptors (Lipinski definition) is 5. The second kappa shape index (κ2) is 6.29. The number of aromatic nitrogens is 1. The normalized spacial score (nSPS) is 11.4. The molecule has 0 atom stereocenters. The molecule has 0 amide bonds. The smallest absolute Gasteiger partial charge is 0.204 e. The maximum absolute atomic E-state index is 5.14. The number of ether oxygens (including phenoxy) is 1. The topological polar surface area (TPSA) is 46.5 Å². The van der Waals surface area contributed by atoms with Gasteiger partial charge in [0.25, 0.3) is 0 Å². The van der Waals surface area contributed by atoms with E-state index in [9.17, 15) is 0 Å². The van der Waals surface area contributed by atoms with Gasteiger partial charge in [-0.1, -0.05) is 41.7 Å². The molecule has 0 unspecified atom stereocenters. The zero-order chi connectivity index (χ0) is 16.4. The minimum atomic E-state index is 0.783. The Morgan fingerprint density at radius 1 is 1.04 bits per heavy atom. The predicted octanol–water partition coefficient (Wildman–Crippen LogP) is 4.90. The first-order valence-electron chi connectivity index (χ1n) is 7.55. The van der Waals surface area contributed by atoms with Gasteiger partial charge in [0.05, 0.1) is 23.5 Å². The van der Waals surface area contributed by atoms with Crippen LogP contribution in [0.1, 0.15) is 5.56 Å². The molecule has 1 N–H and O–H groups in total. The van der Waals surface area contributed by atoms with Crippen LogP contribution in [0.3, 0.4) is 0 Å². The van der Waals surface area contributed by atoms with Crippen molar-refractivity contribution in [1.29, 1.82) is 0 Å². The van der Waals surface area contributed by atoms with Crippen molar-refractivity contribution in [3.05, 3.63) is 66.2 Å². The van der Waals surface area contributed by atoms with Gasteiger partial charge in [0.15, 0.2) is 0 Å². The van der Waals surface area contributed by atoms with Crippen molar-refractivity contribution in [2.75, 3.05) is 12.5 Å². The maximum Gasteiger partial charge on any atom is 0.204 e. The second-order valence-electron chi connectivity index (χ2n) is 5.30. The monoisotopic (exact) mass is 333 g/mol. The fraction of sp³-hybridized carbons (Fsp3) is 0.0526. The zero-order valence-corrected chi connectivity index (χ0v) is 13.9. The first kappa shape index (κ1) is 14.7. The van der Waals surface area contributed by atoms with Crippen molar-refractivity contribution in [2.45, 2.75) is 0 Å². The van der Waals surface area contributed by atoms with Gasteiger partial charge in [-0.2, -0.15) is 5.10 Å². The molecule has 3 aromatic carbocycles. The van der Waals surface area contributed by atoms with Crippen LogP contribution in [0.2, 0.25) is 0 Å². The van der Waals surface area contributed by atoms with Crippen LogP contribution < -0.4 is 10.2 Å². The summed E-state index contributed by atoms with van der Waals surface area (Å²) in [4.78, 5) is 4.60. The molecule has 0 saturated heterocycles. The summed E-state index contributed by atoms with van der Waals surface area (Å²) in [6.07, 6.45) is 1.77. The van der Waals surface area contributed by atoms with Crippen molar-refractivity contribution >= 4 is 43.7 Å². The minimum Gasteiger partial charge on any atom is -0.497 e. The molecule has 24 heavy (non-hydrogen) atoms. The Bertz CT molecular complexity index is 1020. The molecule has 4 nitrogen and oxygen atoms in total. The molecular weight excluding hydrogens is 318 g/mol. The van der Waals surface area contributed by atoms with E-state index in [0.717, 1.165) is 22.0 Å². The lowest BCUT2D eigenvalue weighted by Crippen LogP contribution is -1.90. The zero-order valence-electron chi connectivity index (χ0n) is 13.1. The summed E-state index contributed by atoms with van der Waals surface area (Å²) in [5.41, 5.74) is 5.00. The molecule has 118 valence electrons. The lowest BCUT2D eigenvalue weighted by atomic mass is 10.1. The van der Waals surface area contributed by atoms with Gasteiger partial charge in [0.2, 0.25) is 5.13 Å². The van der Waals surface area contributed by atoms with Gasteiger partial charge in [-0.05, 0) is 41.3 Å². The van der Waals surface area contributed by atoms with E-state index in [1.807, 2.05) is 36.4 Å². The molecule has 0 saturated carbocycles. The molecule has 0 bridgehead atoms. The van der Waals surface area contributed by atoms with E-state index in [1.165, 1.54) is 15.5 Å². The summed E-state index contributed by atoms with van der Waals surface area (Å²) in [6, 6.07) is 20.2. The average Bonchev–Trinajstić information content (AvgIpc) is 3.06. The molecule has 1 heterocycles. The summed E-state index contributed by atoms with van der Waals surface area (Å²) < 4.78 is 6.32. The Morgan fingerprint density at radius 2 is 1.88 bits per heavy atom. The highest BCUT2D eigenvalue weighted by Gasteiger charge is 2.06. The molecule has 4 aromatic rings. The molecule has 0 radical (unpaired) electrons. The fourth-order valence-electron chi connectivity index (χ4n) is 2.56. The van der Waals surface area contributed by atoms with Gasteiger partial charge >= 0.3 is 0 Å².